The molecule has 0 amide bonds. The maximum Gasteiger partial charge on any atom is 0.417 e. The van der Waals surface area contributed by atoms with Crippen molar-refractivity contribution in [2.45, 2.75) is 6.18 Å². The van der Waals surface area contributed by atoms with Crippen LogP contribution in [0.4, 0.5) is 18.9 Å². The molecule has 0 saturated heterocycles. The van der Waals surface area contributed by atoms with Crippen molar-refractivity contribution < 1.29 is 13.2 Å². The lowest BCUT2D eigenvalue weighted by atomic mass is 10.1. The molecular weight excluding hydrogens is 321 g/mol. The molecule has 3 rings (SSSR count). The zero-order valence-electron chi connectivity index (χ0n) is 12.0. The summed E-state index contributed by atoms with van der Waals surface area (Å²) in [7, 11) is 0. The van der Waals surface area contributed by atoms with E-state index in [2.05, 4.69) is 14.9 Å². The van der Waals surface area contributed by atoms with Crippen LogP contribution in [0.3, 0.4) is 0 Å². The first kappa shape index (κ1) is 15.6. The van der Waals surface area contributed by atoms with E-state index in [4.69, 9.17) is 6.57 Å². The Bertz CT molecular complexity index is 961. The molecule has 8 heteroatoms. The summed E-state index contributed by atoms with van der Waals surface area (Å²) in [5, 5.41) is 2.68. The zero-order valence-corrected chi connectivity index (χ0v) is 12.0. The van der Waals surface area contributed by atoms with Crippen molar-refractivity contribution in [3.63, 3.8) is 0 Å². The predicted octanol–water partition coefficient (Wildman–Crippen LogP) is 3.80. The second kappa shape index (κ2) is 5.70. The molecule has 1 N–H and O–H groups in total. The second-order valence-electron chi connectivity index (χ2n) is 4.89. The molecular formula is C16H9F3N4O. The highest BCUT2D eigenvalue weighted by Gasteiger charge is 2.30. The van der Waals surface area contributed by atoms with Gasteiger partial charge in [-0.05, 0) is 17.7 Å². The van der Waals surface area contributed by atoms with Crippen molar-refractivity contribution in [3.05, 3.63) is 76.1 Å². The van der Waals surface area contributed by atoms with Gasteiger partial charge >= 0.3 is 6.18 Å². The number of hydrogen-bond acceptors (Lipinski definition) is 2. The number of nitrogens with zero attached hydrogens (tertiary/aromatic N) is 3. The summed E-state index contributed by atoms with van der Waals surface area (Å²) in [6.07, 6.45) is -2.37. The quantitative estimate of drug-likeness (QED) is 0.727. The molecule has 0 spiro atoms. The topological polar surface area (TPSA) is 55.0 Å². The van der Waals surface area contributed by atoms with Crippen LogP contribution in [-0.4, -0.2) is 14.8 Å². The highest BCUT2D eigenvalue weighted by atomic mass is 19.4. The van der Waals surface area contributed by atoms with Gasteiger partial charge in [-0.1, -0.05) is 24.3 Å². The molecule has 120 valence electrons. The maximum absolute atomic E-state index is 12.6. The van der Waals surface area contributed by atoms with E-state index < -0.39 is 17.3 Å². The van der Waals surface area contributed by atoms with E-state index in [0.29, 0.717) is 23.0 Å². The Morgan fingerprint density at radius 3 is 2.38 bits per heavy atom. The van der Waals surface area contributed by atoms with Crippen molar-refractivity contribution in [2.75, 3.05) is 0 Å². The molecule has 0 aliphatic rings. The summed E-state index contributed by atoms with van der Waals surface area (Å²) >= 11 is 0. The summed E-state index contributed by atoms with van der Waals surface area (Å²) in [5.41, 5.74) is 0.0280. The predicted molar refractivity (Wildman–Crippen MR) is 80.9 cm³/mol. The molecule has 0 unspecified atom stereocenters. The van der Waals surface area contributed by atoms with Gasteiger partial charge in [-0.15, -0.1) is 0 Å². The Labute approximate surface area is 133 Å². The third-order valence-electron chi connectivity index (χ3n) is 3.38. The molecule has 5 nitrogen and oxygen atoms in total. The van der Waals surface area contributed by atoms with Crippen molar-refractivity contribution >= 4 is 5.69 Å². The average molecular weight is 330 g/mol. The molecule has 0 saturated carbocycles. The molecule has 0 atom stereocenters. The number of aromatic amines is 1. The van der Waals surface area contributed by atoms with Crippen LogP contribution in [0, 0.1) is 6.57 Å². The van der Waals surface area contributed by atoms with Gasteiger partial charge in [-0.2, -0.15) is 13.2 Å². The molecule has 0 aliphatic carbocycles. The monoisotopic (exact) mass is 330 g/mol. The fraction of sp³-hybridized carbons (Fsp3) is 0.0625. The van der Waals surface area contributed by atoms with Crippen LogP contribution in [0.5, 0.6) is 0 Å². The van der Waals surface area contributed by atoms with E-state index in [1.54, 1.807) is 24.3 Å². The summed E-state index contributed by atoms with van der Waals surface area (Å²) in [5.74, 6) is 0.0528. The average Bonchev–Trinajstić information content (AvgIpc) is 2.96. The number of rotatable bonds is 2. The number of halogens is 3. The Hall–Kier alpha value is -3.34. The molecule has 24 heavy (non-hydrogen) atoms. The summed E-state index contributed by atoms with van der Waals surface area (Å²) in [6.45, 7) is 6.90. The lowest BCUT2D eigenvalue weighted by molar-refractivity contribution is -0.137. The minimum Gasteiger partial charge on any atom is -0.296 e. The number of pyridine rings is 1. The van der Waals surface area contributed by atoms with Gasteiger partial charge in [0.2, 0.25) is 0 Å². The van der Waals surface area contributed by atoms with Gasteiger partial charge in [0.15, 0.2) is 11.5 Å². The molecule has 3 aromatic rings. The molecule has 0 aliphatic heterocycles. The lowest BCUT2D eigenvalue weighted by Crippen LogP contribution is -2.17. The van der Waals surface area contributed by atoms with Crippen LogP contribution < -0.4 is 5.56 Å². The lowest BCUT2D eigenvalue weighted by Gasteiger charge is -2.06. The molecule has 1 aromatic carbocycles. The van der Waals surface area contributed by atoms with E-state index in [-0.39, 0.29) is 5.82 Å². The zero-order chi connectivity index (χ0) is 17.3. The summed E-state index contributed by atoms with van der Waals surface area (Å²) in [6, 6.07) is 8.39. The smallest absolute Gasteiger partial charge is 0.296 e. The van der Waals surface area contributed by atoms with Crippen LogP contribution >= 0.6 is 0 Å². The third-order valence-corrected chi connectivity index (χ3v) is 3.38. The number of nitrogens with one attached hydrogen (secondary N) is 1. The first-order chi connectivity index (χ1) is 11.4. The molecule has 0 radical (unpaired) electrons. The molecule has 2 heterocycles. The van der Waals surface area contributed by atoms with Crippen LogP contribution in [0.2, 0.25) is 0 Å². The van der Waals surface area contributed by atoms with E-state index in [9.17, 15) is 18.0 Å². The fourth-order valence-electron chi connectivity index (χ4n) is 2.15. The van der Waals surface area contributed by atoms with Gasteiger partial charge in [0.25, 0.3) is 5.56 Å². The van der Waals surface area contributed by atoms with Gasteiger partial charge in [0, 0.05) is 12.4 Å². The Balaban J connectivity index is 1.98. The van der Waals surface area contributed by atoms with Gasteiger partial charge in [-0.3, -0.25) is 9.89 Å². The number of benzene rings is 1. The number of alkyl halides is 3. The number of hydrogen-bond donors (Lipinski definition) is 1. The maximum atomic E-state index is 12.6. The van der Waals surface area contributed by atoms with Crippen LogP contribution in [-0.2, 0) is 6.18 Å². The van der Waals surface area contributed by atoms with E-state index >= 15 is 0 Å². The molecule has 0 bridgehead atoms. The first-order valence-corrected chi connectivity index (χ1v) is 6.72. The highest BCUT2D eigenvalue weighted by molar-refractivity contribution is 5.65. The summed E-state index contributed by atoms with van der Waals surface area (Å²) in [4.78, 5) is 19.4. The van der Waals surface area contributed by atoms with Crippen molar-refractivity contribution in [3.8, 4) is 16.9 Å². The molecule has 0 fully saturated rings. The Morgan fingerprint density at radius 2 is 1.83 bits per heavy atom. The third kappa shape index (κ3) is 2.79. The normalized spacial score (nSPS) is 11.2. The van der Waals surface area contributed by atoms with E-state index in [0.717, 1.165) is 16.8 Å². The number of H-pyrrole nitrogens is 1. The minimum atomic E-state index is -4.48. The Morgan fingerprint density at radius 1 is 1.12 bits per heavy atom. The van der Waals surface area contributed by atoms with Gasteiger partial charge in [0.05, 0.1) is 17.7 Å². The minimum absolute atomic E-state index is 0.0528. The highest BCUT2D eigenvalue weighted by Crippen LogP contribution is 2.28. The van der Waals surface area contributed by atoms with Crippen LogP contribution in [0.1, 0.15) is 5.56 Å². The number of aromatic nitrogens is 3. The largest absolute Gasteiger partial charge is 0.417 e. The van der Waals surface area contributed by atoms with Gasteiger partial charge in [0.1, 0.15) is 0 Å². The fourth-order valence-corrected chi connectivity index (χ4v) is 2.15. The SMILES string of the molecule is [C-]#[N+]c1ccc(-c2c[nH]n(-c3ccc(C(F)(F)F)cn3)c2=O)cc1. The summed E-state index contributed by atoms with van der Waals surface area (Å²) < 4.78 is 38.7. The van der Waals surface area contributed by atoms with Crippen molar-refractivity contribution in [1.29, 1.82) is 0 Å². The second-order valence-corrected chi connectivity index (χ2v) is 4.89. The van der Waals surface area contributed by atoms with Crippen LogP contribution in [0.15, 0.2) is 53.6 Å². The Kier molecular flexibility index (Phi) is 3.69. The standard InChI is InChI=1S/C16H9F3N4O/c1-20-12-5-2-10(3-6-12)13-9-22-23(15(13)24)14-7-4-11(8-21-14)16(17,18)19/h2-9,22H. The van der Waals surface area contributed by atoms with Crippen LogP contribution in [0.25, 0.3) is 21.8 Å². The van der Waals surface area contributed by atoms with Crippen molar-refractivity contribution in [2.24, 2.45) is 0 Å². The molecule has 2 aromatic heterocycles. The van der Waals surface area contributed by atoms with Gasteiger partial charge < -0.3 is 0 Å². The first-order valence-electron chi connectivity index (χ1n) is 6.72. The van der Waals surface area contributed by atoms with E-state index in [1.807, 2.05) is 0 Å². The van der Waals surface area contributed by atoms with Gasteiger partial charge in [-0.25, -0.2) is 14.5 Å². The van der Waals surface area contributed by atoms with E-state index in [1.165, 1.54) is 6.20 Å². The van der Waals surface area contributed by atoms with Crippen molar-refractivity contribution in [1.82, 2.24) is 14.8 Å².